The molecule has 1 heteroatoms. The minimum Gasteiger partial charge on any atom is -0.0608 e. The smallest absolute Gasteiger partial charge is 0.0256 e. The maximum atomic E-state index is 3.82. The third kappa shape index (κ3) is 2.56. The number of hydrogen-bond donors (Lipinski definition) is 0. The molecule has 128 valence electrons. The van der Waals surface area contributed by atoms with Crippen molar-refractivity contribution < 1.29 is 0 Å². The average Bonchev–Trinajstić information content (AvgIpc) is 2.66. The molecule has 0 bridgehead atoms. The molecule has 0 atom stereocenters. The third-order valence-electron chi connectivity index (χ3n) is 5.39. The van der Waals surface area contributed by atoms with Gasteiger partial charge in [-0.25, -0.2) is 0 Å². The summed E-state index contributed by atoms with van der Waals surface area (Å²) in [6.07, 6.45) is 0. The molecule has 24 heavy (non-hydrogen) atoms. The Morgan fingerprint density at radius 3 is 2.04 bits per heavy atom. The van der Waals surface area contributed by atoms with E-state index in [0.717, 1.165) is 0 Å². The van der Waals surface area contributed by atoms with Crippen molar-refractivity contribution in [2.24, 2.45) is 0 Å². The number of hydrogen-bond acceptors (Lipinski definition) is 0. The van der Waals surface area contributed by atoms with Gasteiger partial charge in [-0.3, -0.25) is 0 Å². The Bertz CT molecular complexity index is 811. The molecule has 0 radical (unpaired) electrons. The first-order chi connectivity index (χ1) is 10.8. The molecule has 2 aromatic carbocycles. The van der Waals surface area contributed by atoms with Crippen molar-refractivity contribution in [3.8, 4) is 11.1 Å². The fourth-order valence-corrected chi connectivity index (χ4v) is 4.57. The van der Waals surface area contributed by atoms with E-state index in [2.05, 4.69) is 102 Å². The Hall–Kier alpha value is -1.08. The van der Waals surface area contributed by atoms with Gasteiger partial charge in [0.1, 0.15) is 0 Å². The van der Waals surface area contributed by atoms with Crippen molar-refractivity contribution in [3.63, 3.8) is 0 Å². The largest absolute Gasteiger partial charge is 0.0608 e. The van der Waals surface area contributed by atoms with Gasteiger partial charge in [-0.1, -0.05) is 95.6 Å². The van der Waals surface area contributed by atoms with Gasteiger partial charge >= 0.3 is 0 Å². The Morgan fingerprint density at radius 2 is 1.50 bits per heavy atom. The van der Waals surface area contributed by atoms with Crippen LogP contribution in [0.2, 0.25) is 0 Å². The molecule has 3 rings (SSSR count). The maximum absolute atomic E-state index is 3.82. The first kappa shape index (κ1) is 17.7. The summed E-state index contributed by atoms with van der Waals surface area (Å²) in [6, 6.07) is 11.5. The summed E-state index contributed by atoms with van der Waals surface area (Å²) >= 11 is 3.82. The fourth-order valence-electron chi connectivity index (χ4n) is 3.99. The van der Waals surface area contributed by atoms with E-state index in [1.165, 1.54) is 37.9 Å². The molecule has 1 aliphatic rings. The molecule has 2 aromatic rings. The molecule has 0 heterocycles. The molecular formula is C23H29Br. The van der Waals surface area contributed by atoms with E-state index < -0.39 is 0 Å². The average molecular weight is 385 g/mol. The molecule has 0 nitrogen and oxygen atoms in total. The van der Waals surface area contributed by atoms with Gasteiger partial charge in [0.05, 0.1) is 0 Å². The monoisotopic (exact) mass is 384 g/mol. The summed E-state index contributed by atoms with van der Waals surface area (Å²) in [5.74, 6) is 0. The minimum absolute atomic E-state index is 0.0352. The van der Waals surface area contributed by atoms with Crippen molar-refractivity contribution in [3.05, 3.63) is 57.1 Å². The molecule has 0 spiro atoms. The van der Waals surface area contributed by atoms with Crippen LogP contribution in [0.4, 0.5) is 0 Å². The predicted octanol–water partition coefficient (Wildman–Crippen LogP) is 7.35. The molecule has 0 amide bonds. The number of rotatable bonds is 0. The molecule has 0 fully saturated rings. The van der Waals surface area contributed by atoms with Crippen molar-refractivity contribution in [2.75, 3.05) is 0 Å². The fraction of sp³-hybridized carbons (Fsp3) is 0.478. The summed E-state index contributed by atoms with van der Waals surface area (Å²) in [5, 5.41) is 0. The Balaban J connectivity index is 2.48. The first-order valence-corrected chi connectivity index (χ1v) is 9.63. The van der Waals surface area contributed by atoms with E-state index in [-0.39, 0.29) is 16.2 Å². The molecule has 0 aromatic heterocycles. The van der Waals surface area contributed by atoms with Crippen LogP contribution in [0.15, 0.2) is 34.8 Å². The normalized spacial score (nSPS) is 16.0. The lowest BCUT2D eigenvalue weighted by atomic mass is 9.71. The Morgan fingerprint density at radius 1 is 0.875 bits per heavy atom. The van der Waals surface area contributed by atoms with Gasteiger partial charge in [-0.2, -0.15) is 0 Å². The zero-order chi connectivity index (χ0) is 18.1. The molecule has 0 aliphatic heterocycles. The number of halogens is 1. The van der Waals surface area contributed by atoms with Gasteiger partial charge in [0.25, 0.3) is 0 Å². The van der Waals surface area contributed by atoms with E-state index in [0.29, 0.717) is 0 Å². The van der Waals surface area contributed by atoms with Crippen LogP contribution < -0.4 is 0 Å². The van der Waals surface area contributed by atoms with E-state index in [9.17, 15) is 0 Å². The summed E-state index contributed by atoms with van der Waals surface area (Å²) in [4.78, 5) is 0. The van der Waals surface area contributed by atoms with Crippen LogP contribution >= 0.6 is 15.9 Å². The van der Waals surface area contributed by atoms with E-state index in [4.69, 9.17) is 0 Å². The molecule has 0 N–H and O–H groups in total. The highest BCUT2D eigenvalue weighted by Gasteiger charge is 2.41. The van der Waals surface area contributed by atoms with Gasteiger partial charge in [0.2, 0.25) is 0 Å². The van der Waals surface area contributed by atoms with Crippen molar-refractivity contribution in [2.45, 2.75) is 71.6 Å². The lowest BCUT2D eigenvalue weighted by Crippen LogP contribution is -2.24. The van der Waals surface area contributed by atoms with Crippen LogP contribution in [0.5, 0.6) is 0 Å². The zero-order valence-electron chi connectivity index (χ0n) is 16.3. The second-order valence-corrected chi connectivity index (χ2v) is 10.6. The lowest BCUT2D eigenvalue weighted by Gasteiger charge is -2.32. The van der Waals surface area contributed by atoms with Crippen LogP contribution in [0.3, 0.4) is 0 Å². The van der Waals surface area contributed by atoms with Gasteiger partial charge in [-0.05, 0) is 44.7 Å². The van der Waals surface area contributed by atoms with Crippen molar-refractivity contribution >= 4 is 15.9 Å². The minimum atomic E-state index is 0.0352. The summed E-state index contributed by atoms with van der Waals surface area (Å²) < 4.78 is 1.21. The lowest BCUT2D eigenvalue weighted by molar-refractivity contribution is 0.545. The van der Waals surface area contributed by atoms with Crippen LogP contribution in [0.25, 0.3) is 11.1 Å². The van der Waals surface area contributed by atoms with Crippen LogP contribution in [-0.2, 0) is 16.2 Å². The van der Waals surface area contributed by atoms with Gasteiger partial charge < -0.3 is 0 Å². The molecule has 1 aliphatic carbocycles. The summed E-state index contributed by atoms with van der Waals surface area (Å²) in [7, 11) is 0. The first-order valence-electron chi connectivity index (χ1n) is 8.84. The molecule has 0 saturated carbocycles. The van der Waals surface area contributed by atoms with Crippen molar-refractivity contribution in [1.29, 1.82) is 0 Å². The van der Waals surface area contributed by atoms with Gasteiger partial charge in [0, 0.05) is 15.5 Å². The highest BCUT2D eigenvalue weighted by atomic mass is 79.9. The maximum Gasteiger partial charge on any atom is 0.0256 e. The standard InChI is InChI=1S/C23H29Br/c1-21(2,3)14-12-15-19-16(10-9-11-18(19)24)23(7,8)20(15)17(13-14)22(4,5)6/h9-13H,1-8H3. The third-order valence-corrected chi connectivity index (χ3v) is 6.05. The highest BCUT2D eigenvalue weighted by molar-refractivity contribution is 9.10. The summed E-state index contributed by atoms with van der Waals surface area (Å²) in [6.45, 7) is 18.7. The van der Waals surface area contributed by atoms with Gasteiger partial charge in [0.15, 0.2) is 0 Å². The SMILES string of the molecule is CC(C)(C)c1cc2c(c(C(C)(C)C)c1)C(C)(C)c1cccc(Br)c1-2. The quantitative estimate of drug-likeness (QED) is 0.445. The summed E-state index contributed by atoms with van der Waals surface area (Å²) in [5.41, 5.74) is 8.94. The number of fused-ring (bicyclic) bond motifs is 3. The van der Waals surface area contributed by atoms with Crippen molar-refractivity contribution in [1.82, 2.24) is 0 Å². The van der Waals surface area contributed by atoms with Gasteiger partial charge in [-0.15, -0.1) is 0 Å². The van der Waals surface area contributed by atoms with E-state index in [1.807, 2.05) is 0 Å². The molecular weight excluding hydrogens is 356 g/mol. The number of benzene rings is 2. The second kappa shape index (κ2) is 5.21. The van der Waals surface area contributed by atoms with E-state index >= 15 is 0 Å². The topological polar surface area (TPSA) is 0 Å². The predicted molar refractivity (Wildman–Crippen MR) is 109 cm³/mol. The van der Waals surface area contributed by atoms with Crippen LogP contribution in [0, 0.1) is 0 Å². The van der Waals surface area contributed by atoms with Crippen LogP contribution in [-0.4, -0.2) is 0 Å². The second-order valence-electron chi connectivity index (χ2n) is 9.73. The van der Waals surface area contributed by atoms with Crippen LogP contribution in [0.1, 0.15) is 77.6 Å². The Kier molecular flexibility index (Phi) is 3.85. The Labute approximate surface area is 155 Å². The molecule has 0 saturated heterocycles. The highest BCUT2D eigenvalue weighted by Crippen LogP contribution is 2.55. The van der Waals surface area contributed by atoms with E-state index in [1.54, 1.807) is 0 Å². The molecule has 0 unspecified atom stereocenters. The zero-order valence-corrected chi connectivity index (χ0v) is 17.9.